The predicted octanol–water partition coefficient (Wildman–Crippen LogP) is 1.13. The number of methoxy groups -OCH3 is 1. The van der Waals surface area contributed by atoms with Gasteiger partial charge in [0.2, 0.25) is 0 Å². The zero-order valence-corrected chi connectivity index (χ0v) is 13.4. The fourth-order valence-electron chi connectivity index (χ4n) is 3.29. The van der Waals surface area contributed by atoms with Crippen LogP contribution < -0.4 is 4.90 Å². The average molecular weight is 313 g/mol. The maximum absolute atomic E-state index is 5.60. The van der Waals surface area contributed by atoms with E-state index in [1.165, 1.54) is 0 Å². The van der Waals surface area contributed by atoms with Gasteiger partial charge in [0.25, 0.3) is 0 Å². The van der Waals surface area contributed by atoms with Crippen LogP contribution in [-0.2, 0) is 11.8 Å². The highest BCUT2D eigenvalue weighted by atomic mass is 16.5. The summed E-state index contributed by atoms with van der Waals surface area (Å²) in [7, 11) is 3.71. The third kappa shape index (κ3) is 2.26. The van der Waals surface area contributed by atoms with Crippen molar-refractivity contribution in [2.24, 2.45) is 7.05 Å². The maximum Gasteiger partial charge on any atom is 0.155 e. The van der Waals surface area contributed by atoms with Crippen LogP contribution in [0.25, 0.3) is 5.52 Å². The van der Waals surface area contributed by atoms with Gasteiger partial charge in [0, 0.05) is 39.5 Å². The second kappa shape index (κ2) is 5.31. The van der Waals surface area contributed by atoms with Crippen LogP contribution in [0.2, 0.25) is 0 Å². The summed E-state index contributed by atoms with van der Waals surface area (Å²) in [4.78, 5) is 6.86. The molecule has 8 heteroatoms. The summed E-state index contributed by atoms with van der Waals surface area (Å²) in [6.07, 6.45) is 6.38. The highest BCUT2D eigenvalue weighted by molar-refractivity contribution is 5.70. The third-order valence-electron chi connectivity index (χ3n) is 4.40. The van der Waals surface area contributed by atoms with Crippen molar-refractivity contribution in [2.75, 3.05) is 18.6 Å². The molecule has 120 valence electrons. The molecule has 0 saturated carbocycles. The first-order valence-electron chi connectivity index (χ1n) is 7.61. The zero-order chi connectivity index (χ0) is 16.0. The SMILES string of the molecule is CO[C@@H]1C[C@@H](c2nncn2C)N(c2nccn3nc(C)cc23)C1. The molecule has 1 aliphatic rings. The van der Waals surface area contributed by atoms with E-state index in [-0.39, 0.29) is 12.1 Å². The molecule has 0 radical (unpaired) electrons. The molecule has 2 atom stereocenters. The number of aryl methyl sites for hydroxylation is 2. The Balaban J connectivity index is 1.82. The summed E-state index contributed by atoms with van der Waals surface area (Å²) in [6.45, 7) is 2.75. The molecule has 0 unspecified atom stereocenters. The summed E-state index contributed by atoms with van der Waals surface area (Å²) in [5.74, 6) is 1.82. The van der Waals surface area contributed by atoms with Crippen molar-refractivity contribution in [1.29, 1.82) is 0 Å². The van der Waals surface area contributed by atoms with Crippen LogP contribution in [0.4, 0.5) is 5.82 Å². The number of anilines is 1. The summed E-state index contributed by atoms with van der Waals surface area (Å²) < 4.78 is 9.42. The van der Waals surface area contributed by atoms with E-state index in [4.69, 9.17) is 4.74 Å². The number of rotatable bonds is 3. The lowest BCUT2D eigenvalue weighted by atomic mass is 10.2. The van der Waals surface area contributed by atoms with Crippen molar-refractivity contribution in [3.63, 3.8) is 0 Å². The van der Waals surface area contributed by atoms with E-state index >= 15 is 0 Å². The number of ether oxygens (including phenoxy) is 1. The normalized spacial score (nSPS) is 21.4. The molecule has 4 rings (SSSR count). The van der Waals surface area contributed by atoms with E-state index in [1.807, 2.05) is 29.3 Å². The van der Waals surface area contributed by atoms with E-state index < -0.39 is 0 Å². The molecule has 23 heavy (non-hydrogen) atoms. The largest absolute Gasteiger partial charge is 0.380 e. The first kappa shape index (κ1) is 14.1. The first-order chi connectivity index (χ1) is 11.2. The van der Waals surface area contributed by atoms with Crippen molar-refractivity contribution in [3.8, 4) is 0 Å². The zero-order valence-electron chi connectivity index (χ0n) is 13.4. The number of hydrogen-bond acceptors (Lipinski definition) is 6. The van der Waals surface area contributed by atoms with Gasteiger partial charge >= 0.3 is 0 Å². The Bertz CT molecular complexity index is 839. The molecule has 0 bridgehead atoms. The van der Waals surface area contributed by atoms with Crippen molar-refractivity contribution >= 4 is 11.3 Å². The van der Waals surface area contributed by atoms with Crippen molar-refractivity contribution < 1.29 is 4.74 Å². The Kier molecular flexibility index (Phi) is 3.26. The number of nitrogens with zero attached hydrogens (tertiary/aromatic N) is 7. The molecule has 1 aliphatic heterocycles. The van der Waals surface area contributed by atoms with Crippen LogP contribution in [0.1, 0.15) is 24.0 Å². The van der Waals surface area contributed by atoms with Gasteiger partial charge in [0.1, 0.15) is 11.8 Å². The number of aromatic nitrogens is 6. The predicted molar refractivity (Wildman–Crippen MR) is 84.2 cm³/mol. The van der Waals surface area contributed by atoms with Gasteiger partial charge in [-0.25, -0.2) is 9.50 Å². The molecule has 0 N–H and O–H groups in total. The van der Waals surface area contributed by atoms with Gasteiger partial charge < -0.3 is 14.2 Å². The molecule has 8 nitrogen and oxygen atoms in total. The fraction of sp³-hybridized carbons (Fsp3) is 0.467. The van der Waals surface area contributed by atoms with Crippen LogP contribution in [0.3, 0.4) is 0 Å². The molecule has 0 aliphatic carbocycles. The van der Waals surface area contributed by atoms with E-state index in [0.29, 0.717) is 0 Å². The smallest absolute Gasteiger partial charge is 0.155 e. The monoisotopic (exact) mass is 313 g/mol. The van der Waals surface area contributed by atoms with Crippen LogP contribution in [0.5, 0.6) is 0 Å². The Morgan fingerprint density at radius 1 is 1.35 bits per heavy atom. The minimum atomic E-state index is 0.0846. The highest BCUT2D eigenvalue weighted by Crippen LogP contribution is 2.37. The van der Waals surface area contributed by atoms with Gasteiger partial charge in [-0.2, -0.15) is 5.10 Å². The third-order valence-corrected chi connectivity index (χ3v) is 4.40. The van der Waals surface area contributed by atoms with Crippen LogP contribution in [-0.4, -0.2) is 49.1 Å². The molecular formula is C15H19N7O. The first-order valence-corrected chi connectivity index (χ1v) is 7.61. The van der Waals surface area contributed by atoms with E-state index in [0.717, 1.165) is 35.8 Å². The van der Waals surface area contributed by atoms with Gasteiger partial charge in [-0.1, -0.05) is 0 Å². The minimum Gasteiger partial charge on any atom is -0.380 e. The molecule has 3 aromatic rings. The van der Waals surface area contributed by atoms with E-state index in [2.05, 4.69) is 31.2 Å². The lowest BCUT2D eigenvalue weighted by Gasteiger charge is -2.25. The average Bonchev–Trinajstić information content (AvgIpc) is 3.22. The number of hydrogen-bond donors (Lipinski definition) is 0. The summed E-state index contributed by atoms with van der Waals surface area (Å²) in [6, 6.07) is 2.14. The van der Waals surface area contributed by atoms with E-state index in [9.17, 15) is 0 Å². The second-order valence-electron chi connectivity index (χ2n) is 5.93. The van der Waals surface area contributed by atoms with Crippen LogP contribution >= 0.6 is 0 Å². The standard InChI is InChI=1S/C15H19N7O/c1-10-6-13-14(16-4-5-22(13)19-10)21-8-11(23-3)7-12(21)15-18-17-9-20(15)2/h4-6,9,11-12H,7-8H2,1-3H3/t11-,12+/m1/s1. The topological polar surface area (TPSA) is 73.4 Å². The van der Waals surface area contributed by atoms with Gasteiger partial charge in [0.15, 0.2) is 11.6 Å². The van der Waals surface area contributed by atoms with Gasteiger partial charge in [0.05, 0.1) is 17.8 Å². The summed E-state index contributed by atoms with van der Waals surface area (Å²) in [5, 5.41) is 12.8. The molecule has 4 heterocycles. The van der Waals surface area contributed by atoms with Crippen LogP contribution in [0.15, 0.2) is 24.8 Å². The molecule has 0 amide bonds. The van der Waals surface area contributed by atoms with Crippen molar-refractivity contribution in [2.45, 2.75) is 25.5 Å². The second-order valence-corrected chi connectivity index (χ2v) is 5.93. The Morgan fingerprint density at radius 3 is 2.96 bits per heavy atom. The maximum atomic E-state index is 5.60. The van der Waals surface area contributed by atoms with Gasteiger partial charge in [-0.15, -0.1) is 10.2 Å². The fourth-order valence-corrected chi connectivity index (χ4v) is 3.29. The summed E-state index contributed by atoms with van der Waals surface area (Å²) >= 11 is 0. The minimum absolute atomic E-state index is 0.0846. The van der Waals surface area contributed by atoms with Crippen molar-refractivity contribution in [3.05, 3.63) is 36.3 Å². The Hall–Kier alpha value is -2.48. The van der Waals surface area contributed by atoms with Crippen LogP contribution in [0, 0.1) is 6.92 Å². The molecular weight excluding hydrogens is 294 g/mol. The lowest BCUT2D eigenvalue weighted by molar-refractivity contribution is 0.118. The van der Waals surface area contributed by atoms with Crippen molar-refractivity contribution in [1.82, 2.24) is 29.4 Å². The molecule has 0 spiro atoms. The highest BCUT2D eigenvalue weighted by Gasteiger charge is 2.37. The molecule has 0 aromatic carbocycles. The van der Waals surface area contributed by atoms with Gasteiger partial charge in [-0.05, 0) is 13.0 Å². The summed E-state index contributed by atoms with van der Waals surface area (Å²) in [5.41, 5.74) is 1.96. The Labute approximate surface area is 133 Å². The Morgan fingerprint density at radius 2 is 2.22 bits per heavy atom. The molecule has 3 aromatic heterocycles. The quantitative estimate of drug-likeness (QED) is 0.722. The lowest BCUT2D eigenvalue weighted by Crippen LogP contribution is -2.27. The molecule has 1 saturated heterocycles. The van der Waals surface area contributed by atoms with E-state index in [1.54, 1.807) is 19.6 Å². The van der Waals surface area contributed by atoms with Gasteiger partial charge in [-0.3, -0.25) is 0 Å². The number of fused-ring (bicyclic) bond motifs is 1. The molecule has 1 fully saturated rings.